The van der Waals surface area contributed by atoms with Gasteiger partial charge in [-0.25, -0.2) is 0 Å². The maximum atomic E-state index is 12.7. The summed E-state index contributed by atoms with van der Waals surface area (Å²) in [5, 5.41) is -0.305. The number of furan rings is 1. The number of carbonyl (C=O) groups is 3. The molecule has 5 nitrogen and oxygen atoms in total. The van der Waals surface area contributed by atoms with E-state index in [0.29, 0.717) is 22.0 Å². The first-order valence-electron chi connectivity index (χ1n) is 9.12. The standard InChI is InChI=1S/C23H16BrNO4S/c1-14(26)16-4-6-17(7-5-16)20-11-10-19(29-20)12-21-22(27)25(23(28)30-21)13-15-2-8-18(24)9-3-15/h2-12H,13H2,1H3/b21-12+. The number of imide groups is 1. The normalized spacial score (nSPS) is 15.3. The molecule has 1 fully saturated rings. The van der Waals surface area contributed by atoms with E-state index in [9.17, 15) is 14.4 Å². The number of hydrogen-bond acceptors (Lipinski definition) is 5. The van der Waals surface area contributed by atoms with E-state index in [1.54, 1.807) is 30.3 Å². The number of hydrogen-bond donors (Lipinski definition) is 0. The number of carbonyl (C=O) groups excluding carboxylic acids is 3. The lowest BCUT2D eigenvalue weighted by Gasteiger charge is -2.12. The maximum Gasteiger partial charge on any atom is 0.293 e. The number of thioether (sulfide) groups is 1. The molecule has 0 aliphatic carbocycles. The summed E-state index contributed by atoms with van der Waals surface area (Å²) in [6, 6.07) is 18.1. The van der Waals surface area contributed by atoms with Crippen LogP contribution in [0.25, 0.3) is 17.4 Å². The summed E-state index contributed by atoms with van der Waals surface area (Å²) in [4.78, 5) is 38.0. The molecule has 0 saturated carbocycles. The third-order valence-corrected chi connectivity index (χ3v) is 6.04. The van der Waals surface area contributed by atoms with E-state index in [4.69, 9.17) is 4.42 Å². The number of amides is 2. The molecule has 0 atom stereocenters. The predicted molar refractivity (Wildman–Crippen MR) is 120 cm³/mol. The van der Waals surface area contributed by atoms with Crippen LogP contribution in [0.1, 0.15) is 28.6 Å². The molecule has 150 valence electrons. The molecule has 0 spiro atoms. The summed E-state index contributed by atoms with van der Waals surface area (Å²) in [5.41, 5.74) is 2.32. The molecule has 2 amide bonds. The van der Waals surface area contributed by atoms with Gasteiger partial charge in [-0.3, -0.25) is 19.3 Å². The van der Waals surface area contributed by atoms with Crippen molar-refractivity contribution < 1.29 is 18.8 Å². The van der Waals surface area contributed by atoms with Crippen LogP contribution in [0, 0.1) is 0 Å². The van der Waals surface area contributed by atoms with Crippen LogP contribution in [-0.2, 0) is 11.3 Å². The molecule has 1 aliphatic rings. The largest absolute Gasteiger partial charge is 0.457 e. The van der Waals surface area contributed by atoms with Crippen molar-refractivity contribution in [3.05, 3.63) is 86.9 Å². The van der Waals surface area contributed by atoms with Gasteiger partial charge >= 0.3 is 0 Å². The van der Waals surface area contributed by atoms with Crippen LogP contribution in [0.15, 0.2) is 74.5 Å². The second-order valence-electron chi connectivity index (χ2n) is 6.73. The van der Waals surface area contributed by atoms with Crippen LogP contribution >= 0.6 is 27.7 Å². The van der Waals surface area contributed by atoms with Crippen molar-refractivity contribution in [2.75, 3.05) is 0 Å². The third-order valence-electron chi connectivity index (χ3n) is 4.60. The van der Waals surface area contributed by atoms with Crippen LogP contribution in [-0.4, -0.2) is 21.8 Å². The Bertz CT molecular complexity index is 1160. The van der Waals surface area contributed by atoms with Crippen molar-refractivity contribution >= 4 is 50.7 Å². The zero-order valence-electron chi connectivity index (χ0n) is 15.9. The molecule has 0 radical (unpaired) electrons. The van der Waals surface area contributed by atoms with Gasteiger partial charge in [0, 0.05) is 21.7 Å². The third kappa shape index (κ3) is 4.32. The van der Waals surface area contributed by atoms with Gasteiger partial charge in [-0.1, -0.05) is 52.3 Å². The van der Waals surface area contributed by atoms with Gasteiger partial charge in [0.2, 0.25) is 0 Å². The van der Waals surface area contributed by atoms with Crippen LogP contribution in [0.3, 0.4) is 0 Å². The van der Waals surface area contributed by atoms with E-state index in [2.05, 4.69) is 15.9 Å². The molecule has 4 rings (SSSR count). The molecule has 1 saturated heterocycles. The average Bonchev–Trinajstić information content (AvgIpc) is 3.30. The summed E-state index contributed by atoms with van der Waals surface area (Å²) < 4.78 is 6.76. The van der Waals surface area contributed by atoms with Crippen LogP contribution < -0.4 is 0 Å². The van der Waals surface area contributed by atoms with E-state index in [1.165, 1.54) is 11.8 Å². The molecule has 1 aliphatic heterocycles. The number of nitrogens with zero attached hydrogens (tertiary/aromatic N) is 1. The minimum absolute atomic E-state index is 0.000506. The lowest BCUT2D eigenvalue weighted by atomic mass is 10.1. The smallest absolute Gasteiger partial charge is 0.293 e. The van der Waals surface area contributed by atoms with Crippen LogP contribution in [0.4, 0.5) is 4.79 Å². The SMILES string of the molecule is CC(=O)c1ccc(-c2ccc(/C=C3/SC(=O)N(Cc4ccc(Br)cc4)C3=O)o2)cc1. The highest BCUT2D eigenvalue weighted by Crippen LogP contribution is 2.34. The first kappa shape index (κ1) is 20.4. The molecule has 1 aromatic heterocycles. The Morgan fingerprint density at radius 1 is 1.03 bits per heavy atom. The number of halogens is 1. The molecule has 3 aromatic rings. The number of benzene rings is 2. The summed E-state index contributed by atoms with van der Waals surface area (Å²) in [5.74, 6) is 0.762. The van der Waals surface area contributed by atoms with Crippen LogP contribution in [0.5, 0.6) is 0 Å². The van der Waals surface area contributed by atoms with Gasteiger partial charge in [0.1, 0.15) is 11.5 Å². The molecule has 0 unspecified atom stereocenters. The Kier molecular flexibility index (Phi) is 5.74. The van der Waals surface area contributed by atoms with E-state index in [1.807, 2.05) is 36.4 Å². The van der Waals surface area contributed by atoms with Crippen molar-refractivity contribution in [1.29, 1.82) is 0 Å². The van der Waals surface area contributed by atoms with Gasteiger partial charge in [-0.2, -0.15) is 0 Å². The molecule has 2 heterocycles. The highest BCUT2D eigenvalue weighted by Gasteiger charge is 2.35. The maximum absolute atomic E-state index is 12.7. The predicted octanol–water partition coefficient (Wildman–Crippen LogP) is 6.15. The molecular weight excluding hydrogens is 466 g/mol. The van der Waals surface area contributed by atoms with Crippen molar-refractivity contribution in [2.45, 2.75) is 13.5 Å². The minimum atomic E-state index is -0.336. The van der Waals surface area contributed by atoms with E-state index in [0.717, 1.165) is 27.4 Å². The first-order valence-corrected chi connectivity index (χ1v) is 10.7. The highest BCUT2D eigenvalue weighted by molar-refractivity contribution is 9.10. The Morgan fingerprint density at radius 2 is 1.73 bits per heavy atom. The van der Waals surface area contributed by atoms with Gasteiger partial charge in [0.05, 0.1) is 11.4 Å². The van der Waals surface area contributed by atoms with Gasteiger partial charge in [-0.15, -0.1) is 0 Å². The van der Waals surface area contributed by atoms with Gasteiger partial charge < -0.3 is 4.42 Å². The topological polar surface area (TPSA) is 67.6 Å². The zero-order chi connectivity index (χ0) is 21.3. The minimum Gasteiger partial charge on any atom is -0.457 e. The quantitative estimate of drug-likeness (QED) is 0.323. The fraction of sp³-hybridized carbons (Fsp3) is 0.0870. The molecule has 7 heteroatoms. The van der Waals surface area contributed by atoms with Crippen molar-refractivity contribution in [1.82, 2.24) is 4.90 Å². The second-order valence-corrected chi connectivity index (χ2v) is 8.64. The summed E-state index contributed by atoms with van der Waals surface area (Å²) >= 11 is 4.27. The van der Waals surface area contributed by atoms with Crippen LogP contribution in [0.2, 0.25) is 0 Å². The Balaban J connectivity index is 1.51. The fourth-order valence-corrected chi connectivity index (χ4v) is 4.08. The Hall–Kier alpha value is -2.90. The van der Waals surface area contributed by atoms with E-state index >= 15 is 0 Å². The summed E-state index contributed by atoms with van der Waals surface area (Å²) in [6.45, 7) is 1.74. The van der Waals surface area contributed by atoms with Crippen molar-refractivity contribution in [3.8, 4) is 11.3 Å². The zero-order valence-corrected chi connectivity index (χ0v) is 18.3. The van der Waals surface area contributed by atoms with Gasteiger partial charge in [0.15, 0.2) is 5.78 Å². The molecule has 0 bridgehead atoms. The molecule has 30 heavy (non-hydrogen) atoms. The van der Waals surface area contributed by atoms with Gasteiger partial charge in [0.25, 0.3) is 11.1 Å². The number of ketones is 1. The van der Waals surface area contributed by atoms with Gasteiger partial charge in [-0.05, 0) is 48.5 Å². The fourth-order valence-electron chi connectivity index (χ4n) is 2.99. The monoisotopic (exact) mass is 481 g/mol. The Morgan fingerprint density at radius 3 is 2.40 bits per heavy atom. The Labute approximate surface area is 185 Å². The summed E-state index contributed by atoms with van der Waals surface area (Å²) in [6.07, 6.45) is 1.58. The van der Waals surface area contributed by atoms with E-state index < -0.39 is 0 Å². The molecular formula is C23H16BrNO4S. The lowest BCUT2D eigenvalue weighted by Crippen LogP contribution is -2.27. The number of rotatable bonds is 5. The molecule has 0 N–H and O–H groups in total. The van der Waals surface area contributed by atoms with E-state index in [-0.39, 0.29) is 23.5 Å². The summed E-state index contributed by atoms with van der Waals surface area (Å²) in [7, 11) is 0. The average molecular weight is 482 g/mol. The highest BCUT2D eigenvalue weighted by atomic mass is 79.9. The van der Waals surface area contributed by atoms with Crippen molar-refractivity contribution in [3.63, 3.8) is 0 Å². The first-order chi connectivity index (χ1) is 14.4. The number of Topliss-reactive ketones (excluding diaryl/α,β-unsaturated/α-hetero) is 1. The van der Waals surface area contributed by atoms with Crippen molar-refractivity contribution in [2.24, 2.45) is 0 Å². The lowest BCUT2D eigenvalue weighted by molar-refractivity contribution is -0.123. The second kappa shape index (κ2) is 8.45. The molecule has 2 aromatic carbocycles.